The molecule has 1 aromatic carbocycles. The third-order valence-electron chi connectivity index (χ3n) is 3.37. The van der Waals surface area contributed by atoms with Crippen molar-refractivity contribution in [3.8, 4) is 0 Å². The molecule has 1 aromatic heterocycles. The van der Waals surface area contributed by atoms with E-state index in [9.17, 15) is 0 Å². The third kappa shape index (κ3) is 2.56. The highest BCUT2D eigenvalue weighted by Crippen LogP contribution is 2.29. The fourth-order valence-corrected chi connectivity index (χ4v) is 2.60. The lowest BCUT2D eigenvalue weighted by Crippen LogP contribution is -2.29. The lowest BCUT2D eigenvalue weighted by Gasteiger charge is -2.28. The summed E-state index contributed by atoms with van der Waals surface area (Å²) >= 11 is 1.88. The van der Waals surface area contributed by atoms with Gasteiger partial charge in [-0.3, -0.25) is 5.10 Å². The minimum atomic E-state index is 0.472. The van der Waals surface area contributed by atoms with Crippen molar-refractivity contribution in [3.63, 3.8) is 0 Å². The first kappa shape index (κ1) is 13.1. The standard InChI is InChI=1S/C13H20N4S/c1-9(4-5-18-3)17(2)13-7-12-10(6-11(13)14)8-15-16-12/h6-9H,4-5,14H2,1-3H3,(H,15,16). The molecule has 0 bridgehead atoms. The summed E-state index contributed by atoms with van der Waals surface area (Å²) in [5.74, 6) is 1.16. The van der Waals surface area contributed by atoms with Gasteiger partial charge in [0.15, 0.2) is 0 Å². The molecule has 1 unspecified atom stereocenters. The molecule has 0 saturated heterocycles. The molecule has 1 heterocycles. The summed E-state index contributed by atoms with van der Waals surface area (Å²) in [6.07, 6.45) is 5.09. The average Bonchev–Trinajstić information content (AvgIpc) is 2.81. The number of rotatable bonds is 5. The lowest BCUT2D eigenvalue weighted by molar-refractivity contribution is 0.670. The Hall–Kier alpha value is -1.36. The minimum Gasteiger partial charge on any atom is -0.397 e. The van der Waals surface area contributed by atoms with E-state index in [1.807, 2.05) is 17.8 Å². The molecule has 0 aliphatic rings. The number of aromatic nitrogens is 2. The smallest absolute Gasteiger partial charge is 0.0672 e. The first-order chi connectivity index (χ1) is 8.63. The molecular formula is C13H20N4S. The molecule has 0 aliphatic heterocycles. The van der Waals surface area contributed by atoms with Crippen molar-refractivity contribution in [2.45, 2.75) is 19.4 Å². The summed E-state index contributed by atoms with van der Waals surface area (Å²) in [5.41, 5.74) is 9.03. The number of hydrogen-bond donors (Lipinski definition) is 2. The van der Waals surface area contributed by atoms with Gasteiger partial charge < -0.3 is 10.6 Å². The molecule has 4 nitrogen and oxygen atoms in total. The van der Waals surface area contributed by atoms with Crippen LogP contribution in [0.1, 0.15) is 13.3 Å². The molecule has 2 aromatic rings. The van der Waals surface area contributed by atoms with Gasteiger partial charge >= 0.3 is 0 Å². The number of nitrogen functional groups attached to an aromatic ring is 1. The second-order valence-electron chi connectivity index (χ2n) is 4.61. The van der Waals surface area contributed by atoms with Crippen molar-refractivity contribution in [3.05, 3.63) is 18.3 Å². The monoisotopic (exact) mass is 264 g/mol. The lowest BCUT2D eigenvalue weighted by atomic mass is 10.1. The van der Waals surface area contributed by atoms with Crippen molar-refractivity contribution < 1.29 is 0 Å². The summed E-state index contributed by atoms with van der Waals surface area (Å²) in [6.45, 7) is 2.23. The van der Waals surface area contributed by atoms with Gasteiger partial charge in [-0.25, -0.2) is 0 Å². The molecule has 3 N–H and O–H groups in total. The highest BCUT2D eigenvalue weighted by molar-refractivity contribution is 7.98. The van der Waals surface area contributed by atoms with Crippen LogP contribution in [-0.4, -0.2) is 35.3 Å². The van der Waals surface area contributed by atoms with E-state index in [2.05, 4.69) is 41.4 Å². The molecule has 0 aliphatic carbocycles. The van der Waals surface area contributed by atoms with Gasteiger partial charge in [0.1, 0.15) is 0 Å². The van der Waals surface area contributed by atoms with Crippen LogP contribution in [-0.2, 0) is 0 Å². The van der Waals surface area contributed by atoms with Gasteiger partial charge in [-0.2, -0.15) is 16.9 Å². The zero-order valence-corrected chi connectivity index (χ0v) is 11.9. The van der Waals surface area contributed by atoms with E-state index >= 15 is 0 Å². The van der Waals surface area contributed by atoms with Crippen molar-refractivity contribution in [1.82, 2.24) is 10.2 Å². The van der Waals surface area contributed by atoms with Gasteiger partial charge in [-0.05, 0) is 37.5 Å². The van der Waals surface area contributed by atoms with E-state index in [0.717, 1.165) is 34.5 Å². The molecule has 0 spiro atoms. The molecule has 5 heteroatoms. The fraction of sp³-hybridized carbons (Fsp3) is 0.462. The van der Waals surface area contributed by atoms with E-state index < -0.39 is 0 Å². The Bertz CT molecular complexity index is 523. The predicted octanol–water partition coefficient (Wildman–Crippen LogP) is 2.72. The number of thioether (sulfide) groups is 1. The topological polar surface area (TPSA) is 57.9 Å². The molecule has 0 saturated carbocycles. The summed E-state index contributed by atoms with van der Waals surface area (Å²) in [7, 11) is 2.10. The van der Waals surface area contributed by atoms with Crippen LogP contribution in [0, 0.1) is 0 Å². The second-order valence-corrected chi connectivity index (χ2v) is 5.60. The van der Waals surface area contributed by atoms with Gasteiger partial charge in [-0.15, -0.1) is 0 Å². The first-order valence-corrected chi connectivity index (χ1v) is 7.47. The Labute approximate surface area is 112 Å². The summed E-state index contributed by atoms with van der Waals surface area (Å²) in [5, 5.41) is 8.08. The number of nitrogens with zero attached hydrogens (tertiary/aromatic N) is 2. The first-order valence-electron chi connectivity index (χ1n) is 6.08. The quantitative estimate of drug-likeness (QED) is 0.815. The zero-order chi connectivity index (χ0) is 13.1. The Morgan fingerprint density at radius 2 is 2.28 bits per heavy atom. The Morgan fingerprint density at radius 1 is 1.50 bits per heavy atom. The van der Waals surface area contributed by atoms with E-state index in [1.165, 1.54) is 0 Å². The maximum absolute atomic E-state index is 6.12. The predicted molar refractivity (Wildman–Crippen MR) is 81.4 cm³/mol. The Morgan fingerprint density at radius 3 is 3.00 bits per heavy atom. The van der Waals surface area contributed by atoms with Crippen LogP contribution in [0.15, 0.2) is 18.3 Å². The van der Waals surface area contributed by atoms with E-state index in [0.29, 0.717) is 6.04 Å². The maximum atomic E-state index is 6.12. The Balaban J connectivity index is 2.25. The molecule has 0 amide bonds. The van der Waals surface area contributed by atoms with Crippen LogP contribution in [0.2, 0.25) is 0 Å². The van der Waals surface area contributed by atoms with Gasteiger partial charge in [0.2, 0.25) is 0 Å². The van der Waals surface area contributed by atoms with Crippen LogP contribution in [0.25, 0.3) is 10.9 Å². The van der Waals surface area contributed by atoms with Crippen molar-refractivity contribution in [2.75, 3.05) is 29.7 Å². The van der Waals surface area contributed by atoms with Crippen LogP contribution in [0.5, 0.6) is 0 Å². The summed E-state index contributed by atoms with van der Waals surface area (Å²) < 4.78 is 0. The number of nitrogens with two attached hydrogens (primary N) is 1. The SMILES string of the molecule is CSCCC(C)N(C)c1cc2[nH]ncc2cc1N. The highest BCUT2D eigenvalue weighted by Gasteiger charge is 2.13. The van der Waals surface area contributed by atoms with Crippen molar-refractivity contribution in [1.29, 1.82) is 0 Å². The molecule has 18 heavy (non-hydrogen) atoms. The molecule has 98 valence electrons. The van der Waals surface area contributed by atoms with Crippen LogP contribution < -0.4 is 10.6 Å². The third-order valence-corrected chi connectivity index (χ3v) is 4.01. The van der Waals surface area contributed by atoms with Gasteiger partial charge in [0.25, 0.3) is 0 Å². The largest absolute Gasteiger partial charge is 0.397 e. The molecule has 2 rings (SSSR count). The maximum Gasteiger partial charge on any atom is 0.0672 e. The van der Waals surface area contributed by atoms with E-state index in [-0.39, 0.29) is 0 Å². The number of anilines is 2. The van der Waals surface area contributed by atoms with Gasteiger partial charge in [0.05, 0.1) is 23.1 Å². The molecule has 1 atom stereocenters. The van der Waals surface area contributed by atoms with E-state index in [1.54, 1.807) is 6.20 Å². The van der Waals surface area contributed by atoms with Crippen LogP contribution in [0.4, 0.5) is 11.4 Å². The van der Waals surface area contributed by atoms with Crippen LogP contribution in [0.3, 0.4) is 0 Å². The van der Waals surface area contributed by atoms with E-state index in [4.69, 9.17) is 5.73 Å². The second kappa shape index (κ2) is 5.52. The van der Waals surface area contributed by atoms with Gasteiger partial charge in [-0.1, -0.05) is 0 Å². The van der Waals surface area contributed by atoms with Crippen LogP contribution >= 0.6 is 11.8 Å². The fourth-order valence-electron chi connectivity index (χ4n) is 2.02. The number of aromatic amines is 1. The zero-order valence-electron chi connectivity index (χ0n) is 11.1. The van der Waals surface area contributed by atoms with Gasteiger partial charge in [0, 0.05) is 18.5 Å². The molecule has 0 radical (unpaired) electrons. The summed E-state index contributed by atoms with van der Waals surface area (Å²) in [4.78, 5) is 2.24. The number of fused-ring (bicyclic) bond motifs is 1. The highest BCUT2D eigenvalue weighted by atomic mass is 32.2. The minimum absolute atomic E-state index is 0.472. The van der Waals surface area contributed by atoms with Crippen molar-refractivity contribution in [2.24, 2.45) is 0 Å². The average molecular weight is 264 g/mol. The normalized spacial score (nSPS) is 12.8. The molecular weight excluding hydrogens is 244 g/mol. The summed E-state index contributed by atoms with van der Waals surface area (Å²) in [6, 6.07) is 4.53. The number of hydrogen-bond acceptors (Lipinski definition) is 4. The number of benzene rings is 1. The number of nitrogens with one attached hydrogen (secondary N) is 1. The molecule has 0 fully saturated rings. The number of H-pyrrole nitrogens is 1. The van der Waals surface area contributed by atoms with Crippen molar-refractivity contribution >= 4 is 34.0 Å². The Kier molecular flexibility index (Phi) is 4.01.